The Labute approximate surface area is 128 Å². The molecular formula is C15H18ClNO2S. The summed E-state index contributed by atoms with van der Waals surface area (Å²) in [6.45, 7) is 6.92. The summed E-state index contributed by atoms with van der Waals surface area (Å²) in [5, 5.41) is 0. The number of rotatable bonds is 4. The quantitative estimate of drug-likeness (QED) is 0.821. The Morgan fingerprint density at radius 3 is 2.60 bits per heavy atom. The van der Waals surface area contributed by atoms with Crippen molar-refractivity contribution in [2.45, 2.75) is 32.8 Å². The van der Waals surface area contributed by atoms with E-state index >= 15 is 0 Å². The van der Waals surface area contributed by atoms with Crippen molar-refractivity contribution in [2.75, 3.05) is 7.11 Å². The van der Waals surface area contributed by atoms with Gasteiger partial charge in [0, 0.05) is 11.8 Å². The number of benzene rings is 1. The first-order valence-electron chi connectivity index (χ1n) is 6.31. The largest absolute Gasteiger partial charge is 0.497 e. The van der Waals surface area contributed by atoms with Crippen LogP contribution in [0.1, 0.15) is 31.2 Å². The molecule has 0 unspecified atom stereocenters. The van der Waals surface area contributed by atoms with Crippen molar-refractivity contribution in [2.24, 2.45) is 0 Å². The zero-order valence-electron chi connectivity index (χ0n) is 12.1. The first-order chi connectivity index (χ1) is 9.40. The minimum atomic E-state index is -0.0186. The molecule has 3 nitrogen and oxygen atoms in total. The molecule has 2 aromatic rings. The van der Waals surface area contributed by atoms with Gasteiger partial charge in [0.25, 0.3) is 0 Å². The summed E-state index contributed by atoms with van der Waals surface area (Å²) < 4.78 is 11.7. The van der Waals surface area contributed by atoms with Crippen LogP contribution >= 0.6 is 22.9 Å². The fourth-order valence-electron chi connectivity index (χ4n) is 1.85. The molecule has 0 bridgehead atoms. The lowest BCUT2D eigenvalue weighted by Gasteiger charge is -2.23. The normalized spacial score (nSPS) is 11.4. The fraction of sp³-hybridized carbons (Fsp3) is 0.400. The third-order valence-corrected chi connectivity index (χ3v) is 3.98. The van der Waals surface area contributed by atoms with Gasteiger partial charge in [-0.2, -0.15) is 0 Å². The first kappa shape index (κ1) is 15.1. The topological polar surface area (TPSA) is 31.4 Å². The molecule has 1 aromatic carbocycles. The van der Waals surface area contributed by atoms with E-state index in [1.54, 1.807) is 13.3 Å². The lowest BCUT2D eigenvalue weighted by molar-refractivity contribution is 0.299. The third kappa shape index (κ3) is 3.64. The van der Waals surface area contributed by atoms with E-state index in [1.165, 1.54) is 11.3 Å². The highest BCUT2D eigenvalue weighted by atomic mass is 35.5. The number of ether oxygens (including phenoxy) is 2. The number of hydrogen-bond donors (Lipinski definition) is 0. The van der Waals surface area contributed by atoms with Gasteiger partial charge in [-0.1, -0.05) is 32.4 Å². The molecule has 0 atom stereocenters. The molecule has 0 amide bonds. The fourth-order valence-corrected chi connectivity index (χ4v) is 2.74. The summed E-state index contributed by atoms with van der Waals surface area (Å²) in [5.74, 6) is 1.70. The van der Waals surface area contributed by atoms with E-state index in [2.05, 4.69) is 25.8 Å². The molecule has 0 saturated carbocycles. The Kier molecular flexibility index (Phi) is 4.55. The van der Waals surface area contributed by atoms with Crippen molar-refractivity contribution in [3.05, 3.63) is 39.3 Å². The maximum absolute atomic E-state index is 5.92. The molecule has 1 aromatic heterocycles. The predicted molar refractivity (Wildman–Crippen MR) is 83.2 cm³/mol. The monoisotopic (exact) mass is 311 g/mol. The van der Waals surface area contributed by atoms with Crippen LogP contribution in [0.3, 0.4) is 0 Å². The van der Waals surface area contributed by atoms with Gasteiger partial charge >= 0.3 is 0 Å². The van der Waals surface area contributed by atoms with Gasteiger partial charge in [-0.15, -0.1) is 11.3 Å². The van der Waals surface area contributed by atoms with Crippen LogP contribution < -0.4 is 9.47 Å². The van der Waals surface area contributed by atoms with Gasteiger partial charge in [-0.25, -0.2) is 4.98 Å². The Bertz CT molecular complexity index is 590. The van der Waals surface area contributed by atoms with Crippen LogP contribution in [0.15, 0.2) is 24.4 Å². The van der Waals surface area contributed by atoms with Gasteiger partial charge in [-0.05, 0) is 23.6 Å². The van der Waals surface area contributed by atoms with Crippen LogP contribution in [0, 0.1) is 0 Å². The van der Waals surface area contributed by atoms with Crippen LogP contribution in [0.25, 0.3) is 0 Å². The summed E-state index contributed by atoms with van der Waals surface area (Å²) >= 11 is 7.25. The number of aromatic nitrogens is 1. The van der Waals surface area contributed by atoms with E-state index in [0.29, 0.717) is 11.1 Å². The van der Waals surface area contributed by atoms with Crippen molar-refractivity contribution >= 4 is 22.9 Å². The Hall–Kier alpha value is -1.26. The van der Waals surface area contributed by atoms with E-state index in [4.69, 9.17) is 21.1 Å². The van der Waals surface area contributed by atoms with Gasteiger partial charge in [0.05, 0.1) is 12.0 Å². The minimum absolute atomic E-state index is 0.0186. The van der Waals surface area contributed by atoms with E-state index in [0.717, 1.165) is 21.9 Å². The number of thiazole rings is 1. The summed E-state index contributed by atoms with van der Waals surface area (Å²) in [4.78, 5) is 5.02. The third-order valence-electron chi connectivity index (χ3n) is 2.89. The van der Waals surface area contributed by atoms with Crippen molar-refractivity contribution in [3.63, 3.8) is 0 Å². The molecule has 108 valence electrons. The van der Waals surface area contributed by atoms with E-state index in [1.807, 2.05) is 18.2 Å². The molecule has 0 N–H and O–H groups in total. The Morgan fingerprint density at radius 1 is 1.30 bits per heavy atom. The summed E-state index contributed by atoms with van der Waals surface area (Å²) in [7, 11) is 1.67. The zero-order valence-corrected chi connectivity index (χ0v) is 13.6. The molecule has 0 saturated heterocycles. The predicted octanol–water partition coefficient (Wildman–Crippen LogP) is 4.68. The van der Waals surface area contributed by atoms with Crippen molar-refractivity contribution in [3.8, 4) is 11.5 Å². The van der Waals surface area contributed by atoms with Crippen LogP contribution in [-0.2, 0) is 12.0 Å². The van der Waals surface area contributed by atoms with E-state index < -0.39 is 0 Å². The van der Waals surface area contributed by atoms with Gasteiger partial charge in [0.15, 0.2) is 4.47 Å². The van der Waals surface area contributed by atoms with Gasteiger partial charge < -0.3 is 9.47 Å². The maximum atomic E-state index is 5.92. The molecule has 0 aliphatic rings. The van der Waals surface area contributed by atoms with Crippen LogP contribution in [-0.4, -0.2) is 12.1 Å². The Morgan fingerprint density at radius 2 is 2.05 bits per heavy atom. The molecule has 1 heterocycles. The average Bonchev–Trinajstić information content (AvgIpc) is 2.81. The van der Waals surface area contributed by atoms with Crippen molar-refractivity contribution < 1.29 is 9.47 Å². The van der Waals surface area contributed by atoms with Gasteiger partial charge in [0.2, 0.25) is 0 Å². The molecule has 0 fully saturated rings. The second-order valence-electron chi connectivity index (χ2n) is 5.48. The molecule has 0 radical (unpaired) electrons. The zero-order chi connectivity index (χ0) is 14.8. The van der Waals surface area contributed by atoms with Crippen molar-refractivity contribution in [1.82, 2.24) is 4.98 Å². The van der Waals surface area contributed by atoms with Crippen LogP contribution in [0.2, 0.25) is 4.47 Å². The highest BCUT2D eigenvalue weighted by Gasteiger charge is 2.20. The standard InChI is InChI=1S/C15H18ClNO2S/c1-15(2,3)12-7-10(18-4)5-6-13(12)19-9-11-8-17-14(16)20-11/h5-8H,9H2,1-4H3. The molecular weight excluding hydrogens is 294 g/mol. The molecule has 0 aliphatic heterocycles. The molecule has 20 heavy (non-hydrogen) atoms. The van der Waals surface area contributed by atoms with Gasteiger partial charge in [-0.3, -0.25) is 0 Å². The summed E-state index contributed by atoms with van der Waals surface area (Å²) in [5.41, 5.74) is 1.10. The van der Waals surface area contributed by atoms with Crippen molar-refractivity contribution in [1.29, 1.82) is 0 Å². The van der Waals surface area contributed by atoms with E-state index in [-0.39, 0.29) is 5.41 Å². The van der Waals surface area contributed by atoms with Crippen LogP contribution in [0.4, 0.5) is 0 Å². The SMILES string of the molecule is COc1ccc(OCc2cnc(Cl)s2)c(C(C)(C)C)c1. The first-order valence-corrected chi connectivity index (χ1v) is 7.51. The highest BCUT2D eigenvalue weighted by Crippen LogP contribution is 2.35. The summed E-state index contributed by atoms with van der Waals surface area (Å²) in [6, 6.07) is 5.88. The van der Waals surface area contributed by atoms with Crippen LogP contribution in [0.5, 0.6) is 11.5 Å². The molecule has 0 spiro atoms. The van der Waals surface area contributed by atoms with E-state index in [9.17, 15) is 0 Å². The number of nitrogens with zero attached hydrogens (tertiary/aromatic N) is 1. The average molecular weight is 312 g/mol. The number of methoxy groups -OCH3 is 1. The highest BCUT2D eigenvalue weighted by molar-refractivity contribution is 7.15. The number of halogens is 1. The molecule has 5 heteroatoms. The summed E-state index contributed by atoms with van der Waals surface area (Å²) in [6.07, 6.45) is 1.74. The number of hydrogen-bond acceptors (Lipinski definition) is 4. The lowest BCUT2D eigenvalue weighted by Crippen LogP contribution is -2.13. The maximum Gasteiger partial charge on any atom is 0.183 e. The Balaban J connectivity index is 2.22. The molecule has 2 rings (SSSR count). The second-order valence-corrected chi connectivity index (χ2v) is 7.18. The lowest BCUT2D eigenvalue weighted by atomic mass is 9.86. The molecule has 0 aliphatic carbocycles. The second kappa shape index (κ2) is 6.02. The van der Waals surface area contributed by atoms with Gasteiger partial charge in [0.1, 0.15) is 18.1 Å². The minimum Gasteiger partial charge on any atom is -0.497 e. The smallest absolute Gasteiger partial charge is 0.183 e.